The van der Waals surface area contributed by atoms with Crippen LogP contribution >= 0.6 is 0 Å². The van der Waals surface area contributed by atoms with E-state index in [0.29, 0.717) is 65.0 Å². The standard InChI is InChI=1S/C26H52O6/c1-5-8-10-11-13-24(4)32-26(27)15-12-16-28-17-18-29-19-20-30-21-22-31-23-25(7-3)14-9-6-2/h24-25H,5-23H2,1-4H3. The molecule has 0 saturated heterocycles. The number of rotatable bonds is 25. The third-order valence-electron chi connectivity index (χ3n) is 5.48. The molecule has 32 heavy (non-hydrogen) atoms. The number of esters is 1. The van der Waals surface area contributed by atoms with Crippen LogP contribution in [0.2, 0.25) is 0 Å². The molecular formula is C26H52O6. The highest BCUT2D eigenvalue weighted by molar-refractivity contribution is 5.69. The normalized spacial score (nSPS) is 13.2. The fourth-order valence-corrected chi connectivity index (χ4v) is 3.33. The molecule has 0 fully saturated rings. The number of hydrogen-bond acceptors (Lipinski definition) is 6. The Morgan fingerprint density at radius 1 is 0.656 bits per heavy atom. The summed E-state index contributed by atoms with van der Waals surface area (Å²) in [5.74, 6) is 0.549. The van der Waals surface area contributed by atoms with Crippen molar-refractivity contribution in [3.05, 3.63) is 0 Å². The SMILES string of the molecule is CCCCCCC(C)OC(=O)CCCOCCOCCOCCOCC(CC)CCCC. The van der Waals surface area contributed by atoms with Crippen molar-refractivity contribution in [3.8, 4) is 0 Å². The largest absolute Gasteiger partial charge is 0.463 e. The van der Waals surface area contributed by atoms with Crippen LogP contribution in [0.1, 0.15) is 98.3 Å². The van der Waals surface area contributed by atoms with Gasteiger partial charge in [-0.25, -0.2) is 0 Å². The van der Waals surface area contributed by atoms with Crippen molar-refractivity contribution in [1.29, 1.82) is 0 Å². The summed E-state index contributed by atoms with van der Waals surface area (Å²) in [7, 11) is 0. The van der Waals surface area contributed by atoms with Crippen molar-refractivity contribution in [2.45, 2.75) is 104 Å². The van der Waals surface area contributed by atoms with Crippen molar-refractivity contribution in [2.24, 2.45) is 5.92 Å². The summed E-state index contributed by atoms with van der Waals surface area (Å²) in [6, 6.07) is 0. The van der Waals surface area contributed by atoms with Crippen LogP contribution in [0, 0.1) is 5.92 Å². The Hall–Kier alpha value is -0.690. The van der Waals surface area contributed by atoms with Crippen LogP contribution in [-0.2, 0) is 28.5 Å². The van der Waals surface area contributed by atoms with Gasteiger partial charge in [-0.15, -0.1) is 0 Å². The fraction of sp³-hybridized carbons (Fsp3) is 0.962. The zero-order valence-electron chi connectivity index (χ0n) is 21.5. The third kappa shape index (κ3) is 22.5. The lowest BCUT2D eigenvalue weighted by Gasteiger charge is -2.14. The monoisotopic (exact) mass is 460 g/mol. The lowest BCUT2D eigenvalue weighted by molar-refractivity contribution is -0.149. The fourth-order valence-electron chi connectivity index (χ4n) is 3.33. The molecule has 0 spiro atoms. The van der Waals surface area contributed by atoms with E-state index >= 15 is 0 Å². The van der Waals surface area contributed by atoms with Crippen LogP contribution < -0.4 is 0 Å². The number of carbonyl (C=O) groups is 1. The van der Waals surface area contributed by atoms with Gasteiger partial charge in [0, 0.05) is 19.6 Å². The minimum absolute atomic E-state index is 0.0153. The molecule has 192 valence electrons. The topological polar surface area (TPSA) is 63.2 Å². The Kier molecular flexibility index (Phi) is 24.4. The zero-order valence-corrected chi connectivity index (χ0v) is 21.5. The molecule has 0 aromatic heterocycles. The summed E-state index contributed by atoms with van der Waals surface area (Å²) in [6.45, 7) is 13.5. The summed E-state index contributed by atoms with van der Waals surface area (Å²) in [5, 5.41) is 0. The van der Waals surface area contributed by atoms with Gasteiger partial charge >= 0.3 is 5.97 Å². The van der Waals surface area contributed by atoms with Gasteiger partial charge in [0.2, 0.25) is 0 Å². The number of carbonyl (C=O) groups excluding carboxylic acids is 1. The van der Waals surface area contributed by atoms with Crippen molar-refractivity contribution >= 4 is 5.97 Å². The maximum Gasteiger partial charge on any atom is 0.306 e. The molecule has 0 aromatic rings. The predicted molar refractivity (Wildman–Crippen MR) is 130 cm³/mol. The maximum absolute atomic E-state index is 11.8. The van der Waals surface area contributed by atoms with Crippen LogP contribution in [0.15, 0.2) is 0 Å². The van der Waals surface area contributed by atoms with Gasteiger partial charge in [-0.1, -0.05) is 59.3 Å². The van der Waals surface area contributed by atoms with Crippen LogP contribution in [0.25, 0.3) is 0 Å². The average molecular weight is 461 g/mol. The van der Waals surface area contributed by atoms with Gasteiger partial charge in [-0.05, 0) is 38.5 Å². The Balaban J connectivity index is 3.31. The van der Waals surface area contributed by atoms with Crippen LogP contribution in [0.3, 0.4) is 0 Å². The highest BCUT2D eigenvalue weighted by Gasteiger charge is 2.09. The van der Waals surface area contributed by atoms with E-state index in [-0.39, 0.29) is 12.1 Å². The molecule has 6 nitrogen and oxygen atoms in total. The van der Waals surface area contributed by atoms with E-state index in [1.807, 2.05) is 6.92 Å². The lowest BCUT2D eigenvalue weighted by Crippen LogP contribution is -2.16. The number of ether oxygens (including phenoxy) is 5. The highest BCUT2D eigenvalue weighted by atomic mass is 16.6. The first kappa shape index (κ1) is 31.3. The summed E-state index contributed by atoms with van der Waals surface area (Å²) >= 11 is 0. The molecule has 0 heterocycles. The van der Waals surface area contributed by atoms with Crippen molar-refractivity contribution in [2.75, 3.05) is 52.9 Å². The second-order valence-electron chi connectivity index (χ2n) is 8.58. The lowest BCUT2D eigenvalue weighted by atomic mass is 10.0. The van der Waals surface area contributed by atoms with E-state index in [1.54, 1.807) is 0 Å². The molecule has 0 bridgehead atoms. The molecule has 0 amide bonds. The van der Waals surface area contributed by atoms with E-state index in [0.717, 1.165) is 19.4 Å². The molecule has 0 N–H and O–H groups in total. The minimum atomic E-state index is -0.125. The summed E-state index contributed by atoms with van der Waals surface area (Å²) in [6.07, 6.45) is 11.8. The van der Waals surface area contributed by atoms with E-state index in [9.17, 15) is 4.79 Å². The van der Waals surface area contributed by atoms with Crippen molar-refractivity contribution in [3.63, 3.8) is 0 Å². The van der Waals surface area contributed by atoms with Gasteiger partial charge in [0.05, 0.1) is 45.7 Å². The van der Waals surface area contributed by atoms with E-state index in [4.69, 9.17) is 23.7 Å². The van der Waals surface area contributed by atoms with Crippen LogP contribution in [0.4, 0.5) is 0 Å². The first-order valence-corrected chi connectivity index (χ1v) is 13.1. The van der Waals surface area contributed by atoms with Gasteiger partial charge < -0.3 is 23.7 Å². The molecule has 6 heteroatoms. The maximum atomic E-state index is 11.8. The second kappa shape index (κ2) is 24.9. The molecule has 0 aliphatic rings. The predicted octanol–water partition coefficient (Wildman–Crippen LogP) is 5.95. The molecule has 0 aliphatic heterocycles. The van der Waals surface area contributed by atoms with E-state index in [2.05, 4.69) is 20.8 Å². The van der Waals surface area contributed by atoms with Crippen LogP contribution in [-0.4, -0.2) is 64.9 Å². The average Bonchev–Trinajstić information content (AvgIpc) is 2.78. The molecule has 0 aromatic carbocycles. The van der Waals surface area contributed by atoms with Gasteiger partial charge in [-0.3, -0.25) is 4.79 Å². The summed E-state index contributed by atoms with van der Waals surface area (Å²) in [4.78, 5) is 11.8. The molecule has 0 radical (unpaired) electrons. The van der Waals surface area contributed by atoms with Gasteiger partial charge in [0.25, 0.3) is 0 Å². The minimum Gasteiger partial charge on any atom is -0.463 e. The molecule has 0 saturated carbocycles. The van der Waals surface area contributed by atoms with Gasteiger partial charge in [0.1, 0.15) is 0 Å². The van der Waals surface area contributed by atoms with Crippen LogP contribution in [0.5, 0.6) is 0 Å². The van der Waals surface area contributed by atoms with Crippen molar-refractivity contribution in [1.82, 2.24) is 0 Å². The second-order valence-corrected chi connectivity index (χ2v) is 8.58. The van der Waals surface area contributed by atoms with E-state index in [1.165, 1.54) is 44.9 Å². The Morgan fingerprint density at radius 3 is 1.84 bits per heavy atom. The molecular weight excluding hydrogens is 408 g/mol. The first-order chi connectivity index (χ1) is 15.6. The smallest absolute Gasteiger partial charge is 0.306 e. The molecule has 2 unspecified atom stereocenters. The van der Waals surface area contributed by atoms with Gasteiger partial charge in [0.15, 0.2) is 0 Å². The molecule has 2 atom stereocenters. The van der Waals surface area contributed by atoms with Crippen molar-refractivity contribution < 1.29 is 28.5 Å². The number of unbranched alkanes of at least 4 members (excludes halogenated alkanes) is 4. The first-order valence-electron chi connectivity index (χ1n) is 13.1. The quantitative estimate of drug-likeness (QED) is 0.124. The zero-order chi connectivity index (χ0) is 23.7. The molecule has 0 aliphatic carbocycles. The van der Waals surface area contributed by atoms with Gasteiger partial charge in [-0.2, -0.15) is 0 Å². The summed E-state index contributed by atoms with van der Waals surface area (Å²) < 4.78 is 27.7. The van der Waals surface area contributed by atoms with E-state index < -0.39 is 0 Å². The number of hydrogen-bond donors (Lipinski definition) is 0. The Labute approximate surface area is 198 Å². The Bertz CT molecular complexity index is 391. The summed E-state index contributed by atoms with van der Waals surface area (Å²) in [5.41, 5.74) is 0. The molecule has 0 rings (SSSR count). The third-order valence-corrected chi connectivity index (χ3v) is 5.48. The Morgan fingerprint density at radius 2 is 1.25 bits per heavy atom. The highest BCUT2D eigenvalue weighted by Crippen LogP contribution is 2.12.